The quantitative estimate of drug-likeness (QED) is 0.325. The van der Waals surface area contributed by atoms with Crippen LogP contribution in [0.5, 0.6) is 0 Å². The summed E-state index contributed by atoms with van der Waals surface area (Å²) in [4.78, 5) is 45.8. The van der Waals surface area contributed by atoms with Gasteiger partial charge in [-0.2, -0.15) is 0 Å². The Kier molecular flexibility index (Phi) is 12.4. The number of ether oxygens (including phenoxy) is 1. The highest BCUT2D eigenvalue weighted by molar-refractivity contribution is 5.89. The minimum Gasteiger partial charge on any atom is -0.350 e. The number of hydrazine groups is 1. The molecule has 3 rings (SSSR count). The molecule has 2 fully saturated rings. The number of carbonyl (C=O) groups is 3. The molecule has 0 spiro atoms. The number of benzene rings is 1. The zero-order chi connectivity index (χ0) is 28.2. The van der Waals surface area contributed by atoms with Crippen molar-refractivity contribution in [3.05, 3.63) is 42.0 Å². The van der Waals surface area contributed by atoms with Gasteiger partial charge in [0.1, 0.15) is 0 Å². The molecule has 9 nitrogen and oxygen atoms in total. The molecule has 1 aromatic rings. The van der Waals surface area contributed by atoms with E-state index in [2.05, 4.69) is 10.9 Å². The SMILES string of the molecule is CC(C)CN(NC(=O)C(CC1CCC1)[C@@H](CC=Cc1ccccc1)C(=O)NO[C@H]1CCCCO1)C(=O)[C@@H](C)N. The van der Waals surface area contributed by atoms with Crippen LogP contribution in [0, 0.1) is 23.7 Å². The molecule has 1 unspecified atom stereocenters. The lowest BCUT2D eigenvalue weighted by atomic mass is 9.74. The molecule has 1 saturated heterocycles. The summed E-state index contributed by atoms with van der Waals surface area (Å²) in [5, 5.41) is 1.31. The zero-order valence-corrected chi connectivity index (χ0v) is 23.6. The van der Waals surface area contributed by atoms with E-state index >= 15 is 0 Å². The van der Waals surface area contributed by atoms with Gasteiger partial charge in [-0.05, 0) is 50.0 Å². The van der Waals surface area contributed by atoms with Gasteiger partial charge in [-0.3, -0.25) is 24.8 Å². The number of allylic oxidation sites excluding steroid dienone is 1. The molecule has 4 N–H and O–H groups in total. The fraction of sp³-hybridized carbons (Fsp3) is 0.633. The molecule has 0 radical (unpaired) electrons. The third-order valence-electron chi connectivity index (χ3n) is 7.35. The predicted molar refractivity (Wildman–Crippen MR) is 150 cm³/mol. The van der Waals surface area contributed by atoms with E-state index in [9.17, 15) is 14.4 Å². The maximum atomic E-state index is 13.8. The lowest BCUT2D eigenvalue weighted by molar-refractivity contribution is -0.203. The van der Waals surface area contributed by atoms with Crippen LogP contribution < -0.4 is 16.6 Å². The van der Waals surface area contributed by atoms with Crippen LogP contribution in [0.25, 0.3) is 6.08 Å². The summed E-state index contributed by atoms with van der Waals surface area (Å²) in [5.41, 5.74) is 12.3. The Morgan fingerprint density at radius 3 is 2.38 bits per heavy atom. The van der Waals surface area contributed by atoms with E-state index in [4.69, 9.17) is 15.3 Å². The summed E-state index contributed by atoms with van der Waals surface area (Å²) in [6.07, 6.45) is 10.1. The maximum absolute atomic E-state index is 13.8. The number of carbonyl (C=O) groups excluding carboxylic acids is 3. The van der Waals surface area contributed by atoms with Crippen molar-refractivity contribution in [2.45, 2.75) is 84.5 Å². The summed E-state index contributed by atoms with van der Waals surface area (Å²) < 4.78 is 5.60. The number of nitrogens with two attached hydrogens (primary N) is 1. The highest BCUT2D eigenvalue weighted by Crippen LogP contribution is 2.36. The lowest BCUT2D eigenvalue weighted by Gasteiger charge is -2.35. The van der Waals surface area contributed by atoms with Crippen molar-refractivity contribution in [3.8, 4) is 0 Å². The first kappa shape index (κ1) is 30.8. The summed E-state index contributed by atoms with van der Waals surface area (Å²) in [6, 6.07) is 9.06. The van der Waals surface area contributed by atoms with E-state index in [1.807, 2.05) is 56.3 Å². The Hall–Kier alpha value is -2.75. The molecule has 2 aliphatic rings. The number of hydrogen-bond donors (Lipinski definition) is 3. The van der Waals surface area contributed by atoms with Crippen LogP contribution in [-0.2, 0) is 24.0 Å². The van der Waals surface area contributed by atoms with Gasteiger partial charge in [0.2, 0.25) is 11.8 Å². The summed E-state index contributed by atoms with van der Waals surface area (Å²) in [5.74, 6) is -1.94. The van der Waals surface area contributed by atoms with Gasteiger partial charge in [0.15, 0.2) is 6.29 Å². The van der Waals surface area contributed by atoms with Crippen LogP contribution >= 0.6 is 0 Å². The van der Waals surface area contributed by atoms with Crippen molar-refractivity contribution in [1.82, 2.24) is 15.9 Å². The van der Waals surface area contributed by atoms with Crippen LogP contribution in [0.1, 0.15) is 77.7 Å². The fourth-order valence-corrected chi connectivity index (χ4v) is 4.93. The third-order valence-corrected chi connectivity index (χ3v) is 7.35. The van der Waals surface area contributed by atoms with Crippen LogP contribution in [0.15, 0.2) is 36.4 Å². The van der Waals surface area contributed by atoms with Crippen LogP contribution in [0.4, 0.5) is 0 Å². The number of hydroxylamine groups is 1. The van der Waals surface area contributed by atoms with Gasteiger partial charge in [0, 0.05) is 19.6 Å². The first-order valence-electron chi connectivity index (χ1n) is 14.4. The molecule has 1 aliphatic carbocycles. The van der Waals surface area contributed by atoms with Gasteiger partial charge in [-0.1, -0.05) is 75.6 Å². The summed E-state index contributed by atoms with van der Waals surface area (Å²) in [7, 11) is 0. The molecule has 1 heterocycles. The van der Waals surface area contributed by atoms with Crippen LogP contribution in [-0.4, -0.2) is 48.2 Å². The second-order valence-electron chi connectivity index (χ2n) is 11.3. The van der Waals surface area contributed by atoms with Crippen molar-refractivity contribution in [3.63, 3.8) is 0 Å². The van der Waals surface area contributed by atoms with Crippen molar-refractivity contribution in [2.75, 3.05) is 13.2 Å². The number of nitrogens with one attached hydrogen (secondary N) is 2. The molecule has 9 heteroatoms. The van der Waals surface area contributed by atoms with E-state index in [1.54, 1.807) is 6.92 Å². The third kappa shape index (κ3) is 10.1. The van der Waals surface area contributed by atoms with Crippen LogP contribution in [0.2, 0.25) is 0 Å². The van der Waals surface area contributed by atoms with E-state index in [1.165, 1.54) is 5.01 Å². The lowest BCUT2D eigenvalue weighted by Crippen LogP contribution is -2.55. The normalized spacial score (nSPS) is 20.2. The van der Waals surface area contributed by atoms with Gasteiger partial charge >= 0.3 is 0 Å². The monoisotopic (exact) mass is 542 g/mol. The second-order valence-corrected chi connectivity index (χ2v) is 11.3. The van der Waals surface area contributed by atoms with Gasteiger partial charge in [-0.15, -0.1) is 0 Å². The van der Waals surface area contributed by atoms with E-state index in [-0.39, 0.29) is 23.6 Å². The average Bonchev–Trinajstić information content (AvgIpc) is 2.89. The fourth-order valence-electron chi connectivity index (χ4n) is 4.93. The summed E-state index contributed by atoms with van der Waals surface area (Å²) in [6.45, 7) is 6.46. The molecular formula is C30H46N4O5. The molecule has 216 valence electrons. The molecule has 39 heavy (non-hydrogen) atoms. The molecule has 3 amide bonds. The van der Waals surface area contributed by atoms with E-state index in [0.717, 1.165) is 37.7 Å². The summed E-state index contributed by atoms with van der Waals surface area (Å²) >= 11 is 0. The highest BCUT2D eigenvalue weighted by Gasteiger charge is 2.38. The number of hydrogen-bond acceptors (Lipinski definition) is 6. The van der Waals surface area contributed by atoms with Crippen molar-refractivity contribution >= 4 is 23.8 Å². The topological polar surface area (TPSA) is 123 Å². The Labute approximate surface area is 232 Å². The van der Waals surface area contributed by atoms with Gasteiger partial charge in [-0.25, -0.2) is 10.3 Å². The predicted octanol–water partition coefficient (Wildman–Crippen LogP) is 3.95. The first-order valence-corrected chi connectivity index (χ1v) is 14.4. The van der Waals surface area contributed by atoms with Gasteiger partial charge in [0.25, 0.3) is 5.91 Å². The average molecular weight is 543 g/mol. The maximum Gasteiger partial charge on any atom is 0.257 e. The second kappa shape index (κ2) is 15.7. The van der Waals surface area contributed by atoms with Crippen LogP contribution in [0.3, 0.4) is 0 Å². The first-order chi connectivity index (χ1) is 18.7. The molecule has 0 bridgehead atoms. The minimum atomic E-state index is -0.758. The standard InChI is InChI=1S/C30H46N4O5/c1-21(2)20-34(30(37)22(3)31)32-28(35)26(19-24-14-9-15-24)25(16-10-13-23-11-5-4-6-12-23)29(36)33-39-27-17-7-8-18-38-27/h4-6,10-13,21-22,24-27H,7-9,14-20,31H2,1-3H3,(H,32,35)(H,33,36)/t22-,25-,26?,27+/m1/s1. The molecular weight excluding hydrogens is 496 g/mol. The number of rotatable bonds is 13. The van der Waals surface area contributed by atoms with Gasteiger partial charge in [0.05, 0.1) is 17.9 Å². The minimum absolute atomic E-state index is 0.120. The molecule has 0 aromatic heterocycles. The smallest absolute Gasteiger partial charge is 0.257 e. The molecule has 1 aromatic carbocycles. The molecule has 4 atom stereocenters. The zero-order valence-electron chi connectivity index (χ0n) is 23.6. The largest absolute Gasteiger partial charge is 0.350 e. The van der Waals surface area contributed by atoms with Crippen molar-refractivity contribution in [1.29, 1.82) is 0 Å². The Bertz CT molecular complexity index is 942. The van der Waals surface area contributed by atoms with E-state index < -0.39 is 24.2 Å². The number of amides is 3. The van der Waals surface area contributed by atoms with Gasteiger partial charge < -0.3 is 10.5 Å². The van der Waals surface area contributed by atoms with E-state index in [0.29, 0.717) is 38.3 Å². The molecule has 1 aliphatic heterocycles. The Balaban J connectivity index is 1.81. The highest BCUT2D eigenvalue weighted by atomic mass is 16.8. The van der Waals surface area contributed by atoms with Crippen molar-refractivity contribution in [2.24, 2.45) is 29.4 Å². The Morgan fingerprint density at radius 2 is 1.79 bits per heavy atom. The number of nitrogens with zero attached hydrogens (tertiary/aromatic N) is 1. The van der Waals surface area contributed by atoms with Crippen molar-refractivity contribution < 1.29 is 24.0 Å². The molecule has 1 saturated carbocycles. The Morgan fingerprint density at radius 1 is 1.05 bits per heavy atom.